The molecule has 1 aromatic rings. The molecule has 0 saturated heterocycles. The van der Waals surface area contributed by atoms with Crippen LogP contribution in [0, 0.1) is 5.92 Å². The highest BCUT2D eigenvalue weighted by atomic mass is 35.5. The first kappa shape index (κ1) is 11.3. The Hall–Kier alpha value is -0.800. The van der Waals surface area contributed by atoms with Gasteiger partial charge in [-0.25, -0.2) is 4.98 Å². The number of nitrogens with one attached hydrogen (secondary N) is 1. The number of pyridine rings is 1. The molecule has 0 saturated carbocycles. The highest BCUT2D eigenvalue weighted by Gasteiger charge is 2.01. The second kappa shape index (κ2) is 5.83. The van der Waals surface area contributed by atoms with Gasteiger partial charge in [-0.1, -0.05) is 18.5 Å². The van der Waals surface area contributed by atoms with Gasteiger partial charge >= 0.3 is 0 Å². The van der Waals surface area contributed by atoms with Crippen molar-refractivity contribution >= 4 is 17.4 Å². The van der Waals surface area contributed by atoms with Gasteiger partial charge in [-0.3, -0.25) is 0 Å². The maximum Gasteiger partial charge on any atom is 0.125 e. The molecule has 0 aliphatic heterocycles. The van der Waals surface area contributed by atoms with Crippen LogP contribution in [0.2, 0.25) is 5.02 Å². The van der Waals surface area contributed by atoms with Crippen molar-refractivity contribution < 1.29 is 5.11 Å². The van der Waals surface area contributed by atoms with Crippen molar-refractivity contribution in [2.24, 2.45) is 5.92 Å². The van der Waals surface area contributed by atoms with Gasteiger partial charge in [-0.2, -0.15) is 0 Å². The van der Waals surface area contributed by atoms with E-state index >= 15 is 0 Å². The normalized spacial score (nSPS) is 12.5. The molecule has 1 aromatic heterocycles. The van der Waals surface area contributed by atoms with Gasteiger partial charge in [0.25, 0.3) is 0 Å². The van der Waals surface area contributed by atoms with Crippen LogP contribution in [0.5, 0.6) is 0 Å². The van der Waals surface area contributed by atoms with E-state index in [1.807, 2.05) is 6.07 Å². The third-order valence-corrected chi connectivity index (χ3v) is 2.20. The number of halogens is 1. The van der Waals surface area contributed by atoms with Crippen LogP contribution in [-0.4, -0.2) is 23.2 Å². The van der Waals surface area contributed by atoms with Crippen molar-refractivity contribution in [2.45, 2.75) is 13.3 Å². The summed E-state index contributed by atoms with van der Waals surface area (Å²) in [6, 6.07) is 3.64. The molecule has 1 rings (SSSR count). The lowest BCUT2D eigenvalue weighted by Gasteiger charge is -2.11. The summed E-state index contributed by atoms with van der Waals surface area (Å²) in [5.41, 5.74) is 0. The monoisotopic (exact) mass is 214 g/mol. The summed E-state index contributed by atoms with van der Waals surface area (Å²) < 4.78 is 0. The first-order valence-electron chi connectivity index (χ1n) is 4.68. The minimum absolute atomic E-state index is 0.233. The zero-order valence-electron chi connectivity index (χ0n) is 8.20. The van der Waals surface area contributed by atoms with Gasteiger partial charge in [0.15, 0.2) is 0 Å². The van der Waals surface area contributed by atoms with Crippen molar-refractivity contribution in [3.63, 3.8) is 0 Å². The average molecular weight is 215 g/mol. The van der Waals surface area contributed by atoms with Crippen LogP contribution in [0.3, 0.4) is 0 Å². The van der Waals surface area contributed by atoms with Gasteiger partial charge in [-0.05, 0) is 24.5 Å². The Bertz CT molecular complexity index is 263. The second-order valence-electron chi connectivity index (χ2n) is 3.36. The lowest BCUT2D eigenvalue weighted by Crippen LogP contribution is -2.13. The zero-order chi connectivity index (χ0) is 10.4. The fourth-order valence-corrected chi connectivity index (χ4v) is 1.19. The second-order valence-corrected chi connectivity index (χ2v) is 3.80. The fourth-order valence-electron chi connectivity index (χ4n) is 1.08. The Morgan fingerprint density at radius 1 is 1.57 bits per heavy atom. The summed E-state index contributed by atoms with van der Waals surface area (Å²) in [6.07, 6.45) is 2.42. The molecule has 78 valence electrons. The van der Waals surface area contributed by atoms with E-state index in [1.165, 1.54) is 0 Å². The molecule has 2 N–H and O–H groups in total. The lowest BCUT2D eigenvalue weighted by molar-refractivity contribution is 0.266. The molecule has 0 aromatic carbocycles. The molecule has 1 heterocycles. The molecule has 1 atom stereocenters. The summed E-state index contributed by atoms with van der Waals surface area (Å²) in [7, 11) is 0. The quantitative estimate of drug-likeness (QED) is 0.790. The van der Waals surface area contributed by atoms with E-state index < -0.39 is 0 Å². The topological polar surface area (TPSA) is 45.1 Å². The first-order valence-corrected chi connectivity index (χ1v) is 5.06. The zero-order valence-corrected chi connectivity index (χ0v) is 8.96. The van der Waals surface area contributed by atoms with Crippen LogP contribution in [0.4, 0.5) is 5.82 Å². The highest BCUT2D eigenvalue weighted by Crippen LogP contribution is 2.10. The summed E-state index contributed by atoms with van der Waals surface area (Å²) >= 11 is 5.70. The Morgan fingerprint density at radius 2 is 2.36 bits per heavy atom. The SMILES string of the molecule is CC(CCO)CNc1ccc(Cl)cn1. The average Bonchev–Trinajstić information content (AvgIpc) is 2.17. The number of nitrogens with zero attached hydrogens (tertiary/aromatic N) is 1. The Labute approximate surface area is 89.1 Å². The lowest BCUT2D eigenvalue weighted by atomic mass is 10.1. The molecule has 1 unspecified atom stereocenters. The van der Waals surface area contributed by atoms with E-state index in [0.29, 0.717) is 10.9 Å². The van der Waals surface area contributed by atoms with E-state index in [1.54, 1.807) is 12.3 Å². The van der Waals surface area contributed by atoms with E-state index in [9.17, 15) is 0 Å². The van der Waals surface area contributed by atoms with Crippen LogP contribution in [-0.2, 0) is 0 Å². The van der Waals surface area contributed by atoms with E-state index in [0.717, 1.165) is 18.8 Å². The number of aliphatic hydroxyl groups is 1. The standard InChI is InChI=1S/C10H15ClN2O/c1-8(4-5-14)6-12-10-3-2-9(11)7-13-10/h2-3,7-8,14H,4-6H2,1H3,(H,12,13). The van der Waals surface area contributed by atoms with Crippen molar-refractivity contribution in [2.75, 3.05) is 18.5 Å². The Balaban J connectivity index is 2.34. The van der Waals surface area contributed by atoms with Gasteiger partial charge in [0.05, 0.1) is 5.02 Å². The summed E-state index contributed by atoms with van der Waals surface area (Å²) in [4.78, 5) is 4.10. The molecule has 0 aliphatic carbocycles. The minimum atomic E-state index is 0.233. The predicted octanol–water partition coefficient (Wildman–Crippen LogP) is 2.17. The van der Waals surface area contributed by atoms with Crippen LogP contribution >= 0.6 is 11.6 Å². The van der Waals surface area contributed by atoms with Crippen LogP contribution in [0.25, 0.3) is 0 Å². The number of rotatable bonds is 5. The molecule has 4 heteroatoms. The molecule has 0 fully saturated rings. The van der Waals surface area contributed by atoms with Crippen molar-refractivity contribution in [1.82, 2.24) is 4.98 Å². The van der Waals surface area contributed by atoms with E-state index in [-0.39, 0.29) is 6.61 Å². The molecule has 0 aliphatic rings. The molecule has 0 amide bonds. The van der Waals surface area contributed by atoms with Crippen LogP contribution in [0.15, 0.2) is 18.3 Å². The summed E-state index contributed by atoms with van der Waals surface area (Å²) in [5, 5.41) is 12.5. The summed E-state index contributed by atoms with van der Waals surface area (Å²) in [6.45, 7) is 3.13. The molecule has 0 bridgehead atoms. The maximum absolute atomic E-state index is 8.71. The van der Waals surface area contributed by atoms with Crippen LogP contribution in [0.1, 0.15) is 13.3 Å². The summed E-state index contributed by atoms with van der Waals surface area (Å²) in [5.74, 6) is 1.26. The number of aromatic nitrogens is 1. The van der Waals surface area contributed by atoms with E-state index in [2.05, 4.69) is 17.2 Å². The van der Waals surface area contributed by atoms with Crippen LogP contribution < -0.4 is 5.32 Å². The molecule has 14 heavy (non-hydrogen) atoms. The Morgan fingerprint density at radius 3 is 2.93 bits per heavy atom. The third-order valence-electron chi connectivity index (χ3n) is 1.98. The van der Waals surface area contributed by atoms with Crippen molar-refractivity contribution in [3.05, 3.63) is 23.4 Å². The highest BCUT2D eigenvalue weighted by molar-refractivity contribution is 6.30. The van der Waals surface area contributed by atoms with Crippen molar-refractivity contribution in [3.8, 4) is 0 Å². The van der Waals surface area contributed by atoms with Gasteiger partial charge in [0.2, 0.25) is 0 Å². The fraction of sp³-hybridized carbons (Fsp3) is 0.500. The number of aliphatic hydroxyl groups excluding tert-OH is 1. The van der Waals surface area contributed by atoms with Gasteiger partial charge < -0.3 is 10.4 Å². The molecule has 0 spiro atoms. The number of anilines is 1. The van der Waals surface area contributed by atoms with Gasteiger partial charge in [0.1, 0.15) is 5.82 Å². The van der Waals surface area contributed by atoms with Gasteiger partial charge in [-0.15, -0.1) is 0 Å². The number of hydrogen-bond acceptors (Lipinski definition) is 3. The number of hydrogen-bond donors (Lipinski definition) is 2. The molecule has 0 radical (unpaired) electrons. The molecule has 3 nitrogen and oxygen atoms in total. The third kappa shape index (κ3) is 3.94. The first-order chi connectivity index (χ1) is 6.72. The van der Waals surface area contributed by atoms with E-state index in [4.69, 9.17) is 16.7 Å². The minimum Gasteiger partial charge on any atom is -0.396 e. The maximum atomic E-state index is 8.71. The molecular formula is C10H15ClN2O. The molecular weight excluding hydrogens is 200 g/mol. The van der Waals surface area contributed by atoms with Crippen molar-refractivity contribution in [1.29, 1.82) is 0 Å². The largest absolute Gasteiger partial charge is 0.396 e. The Kier molecular flexibility index (Phi) is 4.70. The van der Waals surface area contributed by atoms with Gasteiger partial charge in [0, 0.05) is 19.3 Å². The predicted molar refractivity (Wildman–Crippen MR) is 58.6 cm³/mol. The smallest absolute Gasteiger partial charge is 0.125 e.